The summed E-state index contributed by atoms with van der Waals surface area (Å²) < 4.78 is 42.0. The molecule has 1 aromatic carbocycles. The quantitative estimate of drug-likeness (QED) is 0.777. The Hall–Kier alpha value is -1.52. The van der Waals surface area contributed by atoms with Crippen molar-refractivity contribution < 1.29 is 22.7 Å². The van der Waals surface area contributed by atoms with Gasteiger partial charge in [-0.15, -0.1) is 0 Å². The molecule has 0 bridgehead atoms. The number of carbonyl (C=O) groups excluding carboxylic acids is 1. The van der Waals surface area contributed by atoms with Gasteiger partial charge in [0.2, 0.25) is 0 Å². The van der Waals surface area contributed by atoms with Crippen molar-refractivity contribution in [2.24, 2.45) is 5.92 Å². The Morgan fingerprint density at radius 1 is 1.33 bits per heavy atom. The van der Waals surface area contributed by atoms with Gasteiger partial charge in [-0.25, -0.2) is 0 Å². The van der Waals surface area contributed by atoms with Gasteiger partial charge in [0.1, 0.15) is 0 Å². The molecular formula is C13H13F3O2. The minimum atomic E-state index is -4.32. The molecule has 1 aliphatic carbocycles. The molecule has 98 valence electrons. The van der Waals surface area contributed by atoms with Crippen LogP contribution in [0.5, 0.6) is 0 Å². The normalized spacial score (nSPS) is 22.7. The van der Waals surface area contributed by atoms with E-state index in [-0.39, 0.29) is 17.8 Å². The van der Waals surface area contributed by atoms with Crippen molar-refractivity contribution in [1.29, 1.82) is 0 Å². The predicted molar refractivity (Wildman–Crippen MR) is 58.9 cm³/mol. The van der Waals surface area contributed by atoms with Crippen LogP contribution in [0.1, 0.15) is 30.4 Å². The van der Waals surface area contributed by atoms with Gasteiger partial charge in [-0.2, -0.15) is 13.2 Å². The van der Waals surface area contributed by atoms with E-state index < -0.39 is 11.7 Å². The number of carbonyl (C=O) groups is 1. The molecule has 0 heterocycles. The van der Waals surface area contributed by atoms with Crippen LogP contribution in [0, 0.1) is 5.92 Å². The number of alkyl halides is 3. The van der Waals surface area contributed by atoms with E-state index in [1.165, 1.54) is 12.1 Å². The maximum absolute atomic E-state index is 12.4. The molecular weight excluding hydrogens is 245 g/mol. The first-order chi connectivity index (χ1) is 8.43. The van der Waals surface area contributed by atoms with Gasteiger partial charge < -0.3 is 4.74 Å². The summed E-state index contributed by atoms with van der Waals surface area (Å²) in [5, 5.41) is 0. The van der Waals surface area contributed by atoms with Crippen molar-refractivity contribution in [3.05, 3.63) is 35.4 Å². The lowest BCUT2D eigenvalue weighted by Gasteiger charge is -2.07. The van der Waals surface area contributed by atoms with E-state index in [0.717, 1.165) is 17.7 Å². The molecule has 1 aromatic rings. The highest BCUT2D eigenvalue weighted by Crippen LogP contribution is 2.48. The van der Waals surface area contributed by atoms with Gasteiger partial charge in [-0.05, 0) is 37.0 Å². The Labute approximate surface area is 103 Å². The lowest BCUT2D eigenvalue weighted by atomic mass is 10.1. The first-order valence-corrected chi connectivity index (χ1v) is 5.77. The number of hydrogen-bond acceptors (Lipinski definition) is 2. The molecule has 1 aliphatic rings. The molecule has 0 aliphatic heterocycles. The fourth-order valence-corrected chi connectivity index (χ4v) is 1.99. The molecule has 1 saturated carbocycles. The smallest absolute Gasteiger partial charge is 0.416 e. The molecule has 0 amide bonds. The Bertz CT molecular complexity index is 437. The van der Waals surface area contributed by atoms with Crippen LogP contribution in [0.2, 0.25) is 0 Å². The SMILES string of the molecule is CCOC(=O)[C@@H]1C[C@H]1c1ccc(C(F)(F)F)cc1. The molecule has 18 heavy (non-hydrogen) atoms. The summed E-state index contributed by atoms with van der Waals surface area (Å²) in [5.41, 5.74) is 0.0978. The monoisotopic (exact) mass is 258 g/mol. The van der Waals surface area contributed by atoms with Crippen LogP contribution in [0.15, 0.2) is 24.3 Å². The summed E-state index contributed by atoms with van der Waals surface area (Å²) in [4.78, 5) is 11.4. The number of halogens is 3. The van der Waals surface area contributed by atoms with Gasteiger partial charge in [-0.1, -0.05) is 12.1 Å². The van der Waals surface area contributed by atoms with Gasteiger partial charge in [0, 0.05) is 0 Å². The van der Waals surface area contributed by atoms with Gasteiger partial charge >= 0.3 is 12.1 Å². The third kappa shape index (κ3) is 2.66. The fraction of sp³-hybridized carbons (Fsp3) is 0.462. The average Bonchev–Trinajstić information content (AvgIpc) is 3.08. The maximum Gasteiger partial charge on any atom is 0.416 e. The van der Waals surface area contributed by atoms with E-state index in [4.69, 9.17) is 4.74 Å². The van der Waals surface area contributed by atoms with Crippen molar-refractivity contribution in [2.45, 2.75) is 25.4 Å². The number of benzene rings is 1. The molecule has 0 unspecified atom stereocenters. The summed E-state index contributed by atoms with van der Waals surface area (Å²) in [6.07, 6.45) is -3.66. The molecule has 0 radical (unpaired) electrons. The summed E-state index contributed by atoms with van der Waals surface area (Å²) >= 11 is 0. The van der Waals surface area contributed by atoms with E-state index in [0.29, 0.717) is 13.0 Å². The molecule has 0 N–H and O–H groups in total. The summed E-state index contributed by atoms with van der Waals surface area (Å²) in [6, 6.07) is 4.98. The van der Waals surface area contributed by atoms with E-state index in [1.54, 1.807) is 6.92 Å². The molecule has 2 rings (SSSR count). The summed E-state index contributed by atoms with van der Waals surface area (Å²) in [7, 11) is 0. The number of ether oxygens (including phenoxy) is 1. The van der Waals surface area contributed by atoms with E-state index in [9.17, 15) is 18.0 Å². The van der Waals surface area contributed by atoms with Crippen LogP contribution in [-0.4, -0.2) is 12.6 Å². The second-order valence-corrected chi connectivity index (χ2v) is 4.32. The predicted octanol–water partition coefficient (Wildman–Crippen LogP) is 3.37. The van der Waals surface area contributed by atoms with E-state index >= 15 is 0 Å². The number of hydrogen-bond donors (Lipinski definition) is 0. The van der Waals surface area contributed by atoms with Crippen molar-refractivity contribution in [2.75, 3.05) is 6.61 Å². The minimum absolute atomic E-state index is 0.00586. The van der Waals surface area contributed by atoms with E-state index in [1.807, 2.05) is 0 Å². The Morgan fingerprint density at radius 2 is 1.94 bits per heavy atom. The van der Waals surface area contributed by atoms with Crippen molar-refractivity contribution >= 4 is 5.97 Å². The van der Waals surface area contributed by atoms with Gasteiger partial charge in [0.05, 0.1) is 18.1 Å². The van der Waals surface area contributed by atoms with Gasteiger partial charge in [0.25, 0.3) is 0 Å². The third-order valence-electron chi connectivity index (χ3n) is 3.05. The molecule has 0 spiro atoms. The topological polar surface area (TPSA) is 26.3 Å². The minimum Gasteiger partial charge on any atom is -0.466 e. The lowest BCUT2D eigenvalue weighted by molar-refractivity contribution is -0.144. The summed E-state index contributed by atoms with van der Waals surface area (Å²) in [5.74, 6) is -0.449. The van der Waals surface area contributed by atoms with Crippen molar-refractivity contribution in [3.8, 4) is 0 Å². The van der Waals surface area contributed by atoms with Gasteiger partial charge in [0.15, 0.2) is 0 Å². The fourth-order valence-electron chi connectivity index (χ4n) is 1.99. The molecule has 0 aromatic heterocycles. The standard InChI is InChI=1S/C13H13F3O2/c1-2-18-12(17)11-7-10(11)8-3-5-9(6-4-8)13(14,15)16/h3-6,10-11H,2,7H2,1H3/t10-,11+/m0/s1. The highest BCUT2D eigenvalue weighted by atomic mass is 19.4. The van der Waals surface area contributed by atoms with Crippen LogP contribution in [0.4, 0.5) is 13.2 Å². The second-order valence-electron chi connectivity index (χ2n) is 4.32. The third-order valence-corrected chi connectivity index (χ3v) is 3.05. The maximum atomic E-state index is 12.4. The Morgan fingerprint density at radius 3 is 2.44 bits per heavy atom. The van der Waals surface area contributed by atoms with Crippen LogP contribution >= 0.6 is 0 Å². The van der Waals surface area contributed by atoms with Gasteiger partial charge in [-0.3, -0.25) is 4.79 Å². The Kier molecular flexibility index (Phi) is 3.32. The number of rotatable bonds is 3. The zero-order chi connectivity index (χ0) is 13.3. The second kappa shape index (κ2) is 4.63. The summed E-state index contributed by atoms with van der Waals surface area (Å²) in [6.45, 7) is 2.06. The molecule has 0 saturated heterocycles. The first-order valence-electron chi connectivity index (χ1n) is 5.77. The van der Waals surface area contributed by atoms with Crippen LogP contribution in [0.25, 0.3) is 0 Å². The Balaban J connectivity index is 2.03. The highest BCUT2D eigenvalue weighted by molar-refractivity contribution is 5.77. The zero-order valence-electron chi connectivity index (χ0n) is 9.83. The molecule has 1 fully saturated rings. The molecule has 5 heteroatoms. The lowest BCUT2D eigenvalue weighted by Crippen LogP contribution is -2.07. The van der Waals surface area contributed by atoms with Crippen molar-refractivity contribution in [1.82, 2.24) is 0 Å². The molecule has 2 atom stereocenters. The molecule has 2 nitrogen and oxygen atoms in total. The average molecular weight is 258 g/mol. The van der Waals surface area contributed by atoms with Crippen LogP contribution in [-0.2, 0) is 15.7 Å². The zero-order valence-corrected chi connectivity index (χ0v) is 9.83. The van der Waals surface area contributed by atoms with E-state index in [2.05, 4.69) is 0 Å². The largest absolute Gasteiger partial charge is 0.466 e. The number of esters is 1. The first kappa shape index (κ1) is 12.9. The van der Waals surface area contributed by atoms with Crippen LogP contribution in [0.3, 0.4) is 0 Å². The van der Waals surface area contributed by atoms with Crippen LogP contribution < -0.4 is 0 Å². The highest BCUT2D eigenvalue weighted by Gasteiger charge is 2.45. The van der Waals surface area contributed by atoms with Crippen molar-refractivity contribution in [3.63, 3.8) is 0 Å².